The summed E-state index contributed by atoms with van der Waals surface area (Å²) in [6.07, 6.45) is 0.988. The Morgan fingerprint density at radius 3 is 2.58 bits per heavy atom. The number of nitro groups is 1. The van der Waals surface area contributed by atoms with Crippen LogP contribution in [0.4, 0.5) is 5.69 Å². The van der Waals surface area contributed by atoms with Crippen LogP contribution in [0, 0.1) is 17.0 Å². The lowest BCUT2D eigenvalue weighted by Gasteiger charge is -2.09. The van der Waals surface area contributed by atoms with Crippen molar-refractivity contribution in [1.29, 1.82) is 0 Å². The number of benzene rings is 2. The third-order valence-corrected chi connectivity index (χ3v) is 4.99. The molecule has 0 saturated carbocycles. The molecule has 6 nitrogen and oxygen atoms in total. The second-order valence-corrected chi connectivity index (χ2v) is 6.98. The minimum Gasteiger partial charge on any atom is -0.302 e. The van der Waals surface area contributed by atoms with Gasteiger partial charge in [-0.15, -0.1) is 10.2 Å². The van der Waals surface area contributed by atoms with E-state index in [0.717, 1.165) is 35.1 Å². The molecule has 3 rings (SSSR count). The summed E-state index contributed by atoms with van der Waals surface area (Å²) >= 11 is 1.59. The lowest BCUT2D eigenvalue weighted by Crippen LogP contribution is -2.02. The van der Waals surface area contributed by atoms with Crippen LogP contribution in [-0.4, -0.2) is 19.7 Å². The second kappa shape index (κ2) is 8.14. The number of rotatable bonds is 7. The zero-order valence-corrected chi connectivity index (χ0v) is 15.6. The number of thioether (sulfide) groups is 1. The van der Waals surface area contributed by atoms with Gasteiger partial charge in [0, 0.05) is 30.0 Å². The summed E-state index contributed by atoms with van der Waals surface area (Å²) in [5.74, 6) is 1.56. The van der Waals surface area contributed by atoms with Gasteiger partial charge in [-0.3, -0.25) is 10.1 Å². The summed E-state index contributed by atoms with van der Waals surface area (Å²) in [6, 6.07) is 14.9. The lowest BCUT2D eigenvalue weighted by molar-refractivity contribution is -0.384. The van der Waals surface area contributed by atoms with Crippen LogP contribution in [0.1, 0.15) is 24.5 Å². The van der Waals surface area contributed by atoms with Crippen molar-refractivity contribution >= 4 is 17.4 Å². The molecule has 0 aliphatic rings. The molecule has 0 unspecified atom stereocenters. The average Bonchev–Trinajstić information content (AvgIpc) is 3.03. The maximum absolute atomic E-state index is 10.7. The highest BCUT2D eigenvalue weighted by molar-refractivity contribution is 7.98. The van der Waals surface area contributed by atoms with Crippen LogP contribution < -0.4 is 0 Å². The maximum Gasteiger partial charge on any atom is 0.269 e. The Morgan fingerprint density at radius 2 is 1.92 bits per heavy atom. The van der Waals surface area contributed by atoms with Gasteiger partial charge in [0.15, 0.2) is 11.0 Å². The van der Waals surface area contributed by atoms with E-state index >= 15 is 0 Å². The first-order chi connectivity index (χ1) is 12.6. The first-order valence-electron chi connectivity index (χ1n) is 8.45. The van der Waals surface area contributed by atoms with Crippen LogP contribution in [0.2, 0.25) is 0 Å². The molecule has 0 fully saturated rings. The SMILES string of the molecule is CCCn1c(SCc2ccc([N+](=O)[O-])cc2)nnc1-c1cccc(C)c1. The van der Waals surface area contributed by atoms with E-state index in [9.17, 15) is 10.1 Å². The van der Waals surface area contributed by atoms with E-state index in [2.05, 4.69) is 40.7 Å². The Bertz CT molecular complexity index is 906. The van der Waals surface area contributed by atoms with Crippen molar-refractivity contribution in [2.24, 2.45) is 0 Å². The third kappa shape index (κ3) is 4.11. The van der Waals surface area contributed by atoms with Crippen molar-refractivity contribution in [1.82, 2.24) is 14.8 Å². The first-order valence-corrected chi connectivity index (χ1v) is 9.43. The van der Waals surface area contributed by atoms with Gasteiger partial charge in [-0.1, -0.05) is 54.6 Å². The highest BCUT2D eigenvalue weighted by Crippen LogP contribution is 2.27. The van der Waals surface area contributed by atoms with E-state index in [0.29, 0.717) is 5.75 Å². The summed E-state index contributed by atoms with van der Waals surface area (Å²) in [5.41, 5.74) is 3.38. The Balaban J connectivity index is 1.80. The number of nitrogens with zero attached hydrogens (tertiary/aromatic N) is 4. The van der Waals surface area contributed by atoms with Crippen LogP contribution >= 0.6 is 11.8 Å². The summed E-state index contributed by atoms with van der Waals surface area (Å²) in [4.78, 5) is 10.4. The minimum atomic E-state index is -0.386. The fourth-order valence-corrected chi connectivity index (χ4v) is 3.60. The standard InChI is InChI=1S/C19H20N4O2S/c1-3-11-22-18(16-6-4-5-14(2)12-16)20-21-19(22)26-13-15-7-9-17(10-8-15)23(24)25/h4-10,12H,3,11,13H2,1-2H3. The summed E-state index contributed by atoms with van der Waals surface area (Å²) in [6.45, 7) is 5.04. The fraction of sp³-hybridized carbons (Fsp3) is 0.263. The topological polar surface area (TPSA) is 73.8 Å². The van der Waals surface area contributed by atoms with E-state index < -0.39 is 0 Å². The molecular formula is C19H20N4O2S. The van der Waals surface area contributed by atoms with Crippen LogP contribution in [0.3, 0.4) is 0 Å². The van der Waals surface area contributed by atoms with Crippen molar-refractivity contribution in [3.8, 4) is 11.4 Å². The van der Waals surface area contributed by atoms with E-state index in [1.54, 1.807) is 23.9 Å². The van der Waals surface area contributed by atoms with E-state index in [1.807, 2.05) is 12.1 Å². The summed E-state index contributed by atoms with van der Waals surface area (Å²) in [5, 5.41) is 20.4. The number of hydrogen-bond donors (Lipinski definition) is 0. The van der Waals surface area contributed by atoms with Gasteiger partial charge >= 0.3 is 0 Å². The average molecular weight is 368 g/mol. The zero-order valence-electron chi connectivity index (χ0n) is 14.8. The molecule has 0 spiro atoms. The molecule has 2 aromatic carbocycles. The van der Waals surface area contributed by atoms with Gasteiger partial charge in [0.2, 0.25) is 0 Å². The largest absolute Gasteiger partial charge is 0.302 e. The van der Waals surface area contributed by atoms with Crippen LogP contribution in [0.15, 0.2) is 53.7 Å². The van der Waals surface area contributed by atoms with E-state index in [-0.39, 0.29) is 10.6 Å². The number of hydrogen-bond acceptors (Lipinski definition) is 5. The van der Waals surface area contributed by atoms with Gasteiger partial charge in [-0.25, -0.2) is 0 Å². The Hall–Kier alpha value is -2.67. The van der Waals surface area contributed by atoms with Gasteiger partial charge in [-0.2, -0.15) is 0 Å². The molecule has 7 heteroatoms. The van der Waals surface area contributed by atoms with Gasteiger partial charge < -0.3 is 4.57 Å². The molecule has 0 aliphatic carbocycles. The molecule has 0 N–H and O–H groups in total. The molecule has 0 saturated heterocycles. The van der Waals surface area contributed by atoms with Crippen molar-refractivity contribution < 1.29 is 4.92 Å². The van der Waals surface area contributed by atoms with Gasteiger partial charge in [0.1, 0.15) is 0 Å². The van der Waals surface area contributed by atoms with Crippen LogP contribution in [0.5, 0.6) is 0 Å². The van der Waals surface area contributed by atoms with Crippen molar-refractivity contribution in [2.45, 2.75) is 37.7 Å². The van der Waals surface area contributed by atoms with Crippen molar-refractivity contribution in [2.75, 3.05) is 0 Å². The van der Waals surface area contributed by atoms with Gasteiger partial charge in [-0.05, 0) is 25.0 Å². The molecule has 0 aliphatic heterocycles. The number of aryl methyl sites for hydroxylation is 1. The molecular weight excluding hydrogens is 348 g/mol. The number of nitro benzene ring substituents is 1. The smallest absolute Gasteiger partial charge is 0.269 e. The van der Waals surface area contributed by atoms with Crippen LogP contribution in [0.25, 0.3) is 11.4 Å². The molecule has 1 aromatic heterocycles. The zero-order chi connectivity index (χ0) is 18.5. The quantitative estimate of drug-likeness (QED) is 0.338. The highest BCUT2D eigenvalue weighted by atomic mass is 32.2. The number of aromatic nitrogens is 3. The monoisotopic (exact) mass is 368 g/mol. The maximum atomic E-state index is 10.7. The van der Waals surface area contributed by atoms with E-state index in [4.69, 9.17) is 0 Å². The normalized spacial score (nSPS) is 10.8. The third-order valence-electron chi connectivity index (χ3n) is 3.96. The summed E-state index contributed by atoms with van der Waals surface area (Å²) in [7, 11) is 0. The molecule has 0 bridgehead atoms. The molecule has 134 valence electrons. The highest BCUT2D eigenvalue weighted by Gasteiger charge is 2.14. The van der Waals surface area contributed by atoms with E-state index in [1.165, 1.54) is 17.7 Å². The second-order valence-electron chi connectivity index (χ2n) is 6.04. The number of non-ortho nitro benzene ring substituents is 1. The predicted octanol–water partition coefficient (Wildman–Crippen LogP) is 4.86. The Kier molecular flexibility index (Phi) is 5.68. The molecule has 0 amide bonds. The van der Waals surface area contributed by atoms with Crippen LogP contribution in [-0.2, 0) is 12.3 Å². The predicted molar refractivity (Wildman–Crippen MR) is 103 cm³/mol. The minimum absolute atomic E-state index is 0.106. The van der Waals surface area contributed by atoms with Gasteiger partial charge in [0.05, 0.1) is 4.92 Å². The first kappa shape index (κ1) is 18.1. The van der Waals surface area contributed by atoms with Gasteiger partial charge in [0.25, 0.3) is 5.69 Å². The molecule has 1 heterocycles. The molecule has 0 atom stereocenters. The molecule has 0 radical (unpaired) electrons. The van der Waals surface area contributed by atoms with Crippen molar-refractivity contribution in [3.63, 3.8) is 0 Å². The Morgan fingerprint density at radius 1 is 1.15 bits per heavy atom. The lowest BCUT2D eigenvalue weighted by atomic mass is 10.1. The Labute approximate surface area is 156 Å². The van der Waals surface area contributed by atoms with Crippen molar-refractivity contribution in [3.05, 3.63) is 69.8 Å². The summed E-state index contributed by atoms with van der Waals surface area (Å²) < 4.78 is 2.14. The fourth-order valence-electron chi connectivity index (χ4n) is 2.68. The molecule has 26 heavy (non-hydrogen) atoms. The molecule has 3 aromatic rings.